The van der Waals surface area contributed by atoms with E-state index in [1.54, 1.807) is 30.8 Å². The lowest BCUT2D eigenvalue weighted by Crippen LogP contribution is -3.00. The molecule has 11 heteroatoms. The zero-order valence-electron chi connectivity index (χ0n) is 16.2. The number of esters is 1. The highest BCUT2D eigenvalue weighted by Gasteiger charge is 2.13. The molecular weight excluding hydrogens is 504 g/mol. The van der Waals surface area contributed by atoms with Gasteiger partial charge in [0.2, 0.25) is 0 Å². The third-order valence-corrected chi connectivity index (χ3v) is 5.36. The average molecular weight is 521 g/mol. The lowest BCUT2D eigenvalue weighted by atomic mass is 10.3. The number of hydrogen-bond donors (Lipinski definition) is 1. The molecule has 0 radical (unpaired) electrons. The van der Waals surface area contributed by atoms with Crippen LogP contribution in [0.3, 0.4) is 0 Å². The number of aromatic carboxylic acids is 1. The maximum atomic E-state index is 11.4. The molecule has 0 saturated heterocycles. The van der Waals surface area contributed by atoms with Crippen LogP contribution in [0.25, 0.3) is 21.1 Å². The number of halogens is 1. The number of rotatable bonds is 5. The monoisotopic (exact) mass is 520 g/mol. The Hall–Kier alpha value is -3.02. The number of thiazole rings is 2. The van der Waals surface area contributed by atoms with Gasteiger partial charge in [-0.2, -0.15) is 0 Å². The molecule has 0 aromatic carbocycles. The van der Waals surface area contributed by atoms with Crippen molar-refractivity contribution in [1.29, 1.82) is 0 Å². The van der Waals surface area contributed by atoms with E-state index < -0.39 is 5.97 Å². The maximum absolute atomic E-state index is 11.4. The highest BCUT2D eigenvalue weighted by Crippen LogP contribution is 2.23. The van der Waals surface area contributed by atoms with Gasteiger partial charge in [0.15, 0.2) is 23.8 Å². The van der Waals surface area contributed by atoms with E-state index in [1.807, 2.05) is 30.6 Å². The van der Waals surface area contributed by atoms with Crippen molar-refractivity contribution in [2.75, 3.05) is 6.61 Å². The van der Waals surface area contributed by atoms with E-state index in [-0.39, 0.29) is 28.6 Å². The fraction of sp³-hybridized carbons (Fsp3) is 0.100. The van der Waals surface area contributed by atoms with Crippen LogP contribution in [0.5, 0.6) is 0 Å². The summed E-state index contributed by atoms with van der Waals surface area (Å²) in [5, 5.41) is 13.4. The first-order valence-corrected chi connectivity index (χ1v) is 10.5. The SMILES string of the molecule is CCOC(=O)c1csc(-c2ccc[nH+]c2)n1.O=C(O)c1csc(-c2cccnc2)n1.[Br-]. The number of hydrogen-bond acceptors (Lipinski definition) is 8. The van der Waals surface area contributed by atoms with E-state index in [1.165, 1.54) is 28.1 Å². The summed E-state index contributed by atoms with van der Waals surface area (Å²) in [5.41, 5.74) is 2.24. The van der Waals surface area contributed by atoms with Crippen LogP contribution in [0, 0.1) is 0 Å². The summed E-state index contributed by atoms with van der Waals surface area (Å²) < 4.78 is 4.87. The van der Waals surface area contributed by atoms with Crippen molar-refractivity contribution in [3.8, 4) is 21.1 Å². The molecule has 0 amide bonds. The summed E-state index contributed by atoms with van der Waals surface area (Å²) in [6.45, 7) is 2.14. The first kappa shape index (κ1) is 24.3. The van der Waals surface area contributed by atoms with Gasteiger partial charge in [-0.05, 0) is 25.1 Å². The average Bonchev–Trinajstić information content (AvgIpc) is 3.46. The molecule has 31 heavy (non-hydrogen) atoms. The molecule has 4 aromatic heterocycles. The molecule has 2 N–H and O–H groups in total. The van der Waals surface area contributed by atoms with E-state index in [0.717, 1.165) is 16.1 Å². The van der Waals surface area contributed by atoms with Crippen LogP contribution in [0.15, 0.2) is 59.8 Å². The first-order valence-electron chi connectivity index (χ1n) is 8.76. The van der Waals surface area contributed by atoms with Crippen LogP contribution in [-0.2, 0) is 4.74 Å². The first-order chi connectivity index (χ1) is 14.6. The molecular formula is C20H17BrN4O4S2. The quantitative estimate of drug-likeness (QED) is 0.385. The van der Waals surface area contributed by atoms with Crippen LogP contribution in [-0.4, -0.2) is 38.6 Å². The van der Waals surface area contributed by atoms with Gasteiger partial charge >= 0.3 is 11.9 Å². The standard InChI is InChI=1S/C11H10N2O2S.C9H6N2O2S.BrH/c1-2-15-11(14)9-7-16-10(13-9)8-4-3-5-12-6-8;12-9(13)7-5-14-8(11-7)6-2-1-3-10-4-6;/h3-7H,2H2,1H3;1-5H,(H,12,13);1H. The molecule has 0 saturated carbocycles. The highest BCUT2D eigenvalue weighted by molar-refractivity contribution is 7.13. The van der Waals surface area contributed by atoms with Gasteiger partial charge in [-0.3, -0.25) is 4.98 Å². The second-order valence-electron chi connectivity index (χ2n) is 5.64. The van der Waals surface area contributed by atoms with Gasteiger partial charge in [-0.25, -0.2) is 24.5 Å². The third kappa shape index (κ3) is 6.74. The lowest BCUT2D eigenvalue weighted by molar-refractivity contribution is -0.377. The summed E-state index contributed by atoms with van der Waals surface area (Å²) in [4.78, 5) is 37.1. The Kier molecular flexibility index (Phi) is 9.38. The van der Waals surface area contributed by atoms with Gasteiger partial charge < -0.3 is 26.8 Å². The topological polar surface area (TPSA) is 116 Å². The van der Waals surface area contributed by atoms with Crippen molar-refractivity contribution in [1.82, 2.24) is 15.0 Å². The fourth-order valence-electron chi connectivity index (χ4n) is 2.23. The summed E-state index contributed by atoms with van der Waals surface area (Å²) in [7, 11) is 0. The maximum Gasteiger partial charge on any atom is 0.357 e. The van der Waals surface area contributed by atoms with Crippen LogP contribution in [0.4, 0.5) is 0 Å². The van der Waals surface area contributed by atoms with Gasteiger partial charge in [-0.15, -0.1) is 22.7 Å². The van der Waals surface area contributed by atoms with Crippen molar-refractivity contribution in [2.45, 2.75) is 6.92 Å². The summed E-state index contributed by atoms with van der Waals surface area (Å²) in [6, 6.07) is 7.46. The molecule has 0 aliphatic carbocycles. The zero-order valence-corrected chi connectivity index (χ0v) is 19.4. The Morgan fingerprint density at radius 1 is 1.06 bits per heavy atom. The molecule has 4 rings (SSSR count). The number of carbonyl (C=O) groups excluding carboxylic acids is 1. The van der Waals surface area contributed by atoms with E-state index in [9.17, 15) is 9.59 Å². The number of nitrogens with one attached hydrogen (secondary N) is 1. The molecule has 4 heterocycles. The molecule has 0 spiro atoms. The number of carbonyl (C=O) groups is 2. The van der Waals surface area contributed by atoms with Crippen LogP contribution < -0.4 is 22.0 Å². The number of pyridine rings is 2. The summed E-state index contributed by atoms with van der Waals surface area (Å²) in [5.74, 6) is -1.37. The molecule has 0 unspecified atom stereocenters. The van der Waals surface area contributed by atoms with Gasteiger partial charge in [0.25, 0.3) is 0 Å². The van der Waals surface area contributed by atoms with Crippen molar-refractivity contribution >= 4 is 34.6 Å². The zero-order chi connectivity index (χ0) is 21.3. The molecule has 0 fully saturated rings. The minimum atomic E-state index is -1.00. The van der Waals surface area contributed by atoms with E-state index >= 15 is 0 Å². The third-order valence-electron chi connectivity index (χ3n) is 3.57. The molecule has 0 aliphatic heterocycles. The van der Waals surface area contributed by atoms with E-state index in [0.29, 0.717) is 17.3 Å². The predicted molar refractivity (Wildman–Crippen MR) is 112 cm³/mol. The van der Waals surface area contributed by atoms with Gasteiger partial charge in [0.05, 0.1) is 12.2 Å². The molecule has 0 atom stereocenters. The smallest absolute Gasteiger partial charge is 0.357 e. The Balaban J connectivity index is 0.000000215. The van der Waals surface area contributed by atoms with Crippen LogP contribution in [0.1, 0.15) is 27.9 Å². The normalized spacial score (nSPS) is 9.71. The number of aromatic amines is 1. The number of nitrogens with zero attached hydrogens (tertiary/aromatic N) is 3. The van der Waals surface area contributed by atoms with Crippen molar-refractivity contribution in [3.05, 3.63) is 71.2 Å². The van der Waals surface area contributed by atoms with Gasteiger partial charge in [-0.1, -0.05) is 0 Å². The Bertz CT molecular complexity index is 1120. The fourth-order valence-corrected chi connectivity index (χ4v) is 3.80. The van der Waals surface area contributed by atoms with Crippen molar-refractivity contribution in [2.24, 2.45) is 0 Å². The number of aromatic nitrogens is 4. The number of H-pyrrole nitrogens is 1. The molecule has 0 bridgehead atoms. The Labute approximate surface area is 196 Å². The van der Waals surface area contributed by atoms with Gasteiger partial charge in [0.1, 0.15) is 10.0 Å². The number of ether oxygens (including phenoxy) is 1. The van der Waals surface area contributed by atoms with E-state index in [4.69, 9.17) is 9.84 Å². The number of carboxylic acids is 1. The molecule has 4 aromatic rings. The minimum Gasteiger partial charge on any atom is -1.00 e. The van der Waals surface area contributed by atoms with Crippen LogP contribution >= 0.6 is 22.7 Å². The second-order valence-corrected chi connectivity index (χ2v) is 7.35. The Morgan fingerprint density at radius 2 is 1.74 bits per heavy atom. The molecule has 0 aliphatic rings. The summed E-state index contributed by atoms with van der Waals surface area (Å²) in [6.07, 6.45) is 6.98. The Morgan fingerprint density at radius 3 is 2.32 bits per heavy atom. The molecule has 8 nitrogen and oxygen atoms in total. The van der Waals surface area contributed by atoms with Crippen molar-refractivity contribution < 1.29 is 41.4 Å². The largest absolute Gasteiger partial charge is 1.00 e. The van der Waals surface area contributed by atoms with Crippen LogP contribution in [0.2, 0.25) is 0 Å². The summed E-state index contributed by atoms with van der Waals surface area (Å²) >= 11 is 2.72. The minimum absolute atomic E-state index is 0. The highest BCUT2D eigenvalue weighted by atomic mass is 79.9. The second kappa shape index (κ2) is 12.0. The number of carboxylic acid groups (broad SMARTS) is 1. The van der Waals surface area contributed by atoms with Crippen molar-refractivity contribution in [3.63, 3.8) is 0 Å². The van der Waals surface area contributed by atoms with Gasteiger partial charge in [0, 0.05) is 34.8 Å². The molecule has 160 valence electrons. The lowest BCUT2D eigenvalue weighted by Gasteiger charge is -1.95. The predicted octanol–water partition coefficient (Wildman–Crippen LogP) is 0.708. The van der Waals surface area contributed by atoms with E-state index in [2.05, 4.69) is 19.9 Å².